The van der Waals surface area contributed by atoms with Gasteiger partial charge < -0.3 is 9.42 Å². The largest absolute Gasteiger partial charge is 0.338 e. The van der Waals surface area contributed by atoms with Crippen molar-refractivity contribution >= 4 is 17.2 Å². The van der Waals surface area contributed by atoms with Gasteiger partial charge in [0.15, 0.2) is 0 Å². The van der Waals surface area contributed by atoms with E-state index in [2.05, 4.69) is 15.0 Å². The van der Waals surface area contributed by atoms with Gasteiger partial charge in [-0.05, 0) is 23.6 Å². The normalized spacial score (nSPS) is 15.3. The van der Waals surface area contributed by atoms with E-state index in [0.29, 0.717) is 44.4 Å². The number of carbonyl (C=O) groups excluding carboxylic acids is 1. The van der Waals surface area contributed by atoms with E-state index in [1.165, 1.54) is 6.07 Å². The number of halogens is 2. The fourth-order valence-corrected chi connectivity index (χ4v) is 3.61. The van der Waals surface area contributed by atoms with Crippen LogP contribution in [0.2, 0.25) is 0 Å². The van der Waals surface area contributed by atoms with Crippen molar-refractivity contribution in [3.8, 4) is 10.7 Å². The Hall–Kier alpha value is -2.65. The molecule has 1 aliphatic rings. The van der Waals surface area contributed by atoms with Gasteiger partial charge in [-0.15, -0.1) is 11.3 Å². The molecule has 1 amide bonds. The number of piperazine rings is 1. The van der Waals surface area contributed by atoms with Crippen LogP contribution in [0.4, 0.5) is 8.78 Å². The molecule has 4 rings (SSSR count). The molecule has 0 N–H and O–H groups in total. The molecule has 1 aromatic carbocycles. The molecular weight excluding hydrogens is 374 g/mol. The number of nitrogens with zero attached hydrogens (tertiary/aromatic N) is 4. The van der Waals surface area contributed by atoms with Crippen molar-refractivity contribution in [1.29, 1.82) is 0 Å². The first-order valence-electron chi connectivity index (χ1n) is 8.43. The highest BCUT2D eigenvalue weighted by molar-refractivity contribution is 7.13. The summed E-state index contributed by atoms with van der Waals surface area (Å²) >= 11 is 1.54. The monoisotopic (exact) mass is 390 g/mol. The summed E-state index contributed by atoms with van der Waals surface area (Å²) in [6.45, 7) is 2.59. The molecule has 2 aromatic heterocycles. The van der Waals surface area contributed by atoms with E-state index < -0.39 is 17.5 Å². The van der Waals surface area contributed by atoms with Crippen molar-refractivity contribution in [3.63, 3.8) is 0 Å². The zero-order valence-corrected chi connectivity index (χ0v) is 15.1. The maximum Gasteiger partial charge on any atom is 0.256 e. The third kappa shape index (κ3) is 3.88. The number of carbonyl (C=O) groups is 1. The van der Waals surface area contributed by atoms with Gasteiger partial charge in [-0.3, -0.25) is 9.69 Å². The van der Waals surface area contributed by atoms with Gasteiger partial charge >= 0.3 is 0 Å². The van der Waals surface area contributed by atoms with Gasteiger partial charge in [0.2, 0.25) is 11.7 Å². The highest BCUT2D eigenvalue weighted by atomic mass is 32.1. The molecule has 1 aliphatic heterocycles. The summed E-state index contributed by atoms with van der Waals surface area (Å²) in [6, 6.07) is 6.86. The Labute approximate surface area is 158 Å². The molecule has 0 spiro atoms. The third-order valence-electron chi connectivity index (χ3n) is 4.39. The molecule has 0 bridgehead atoms. The van der Waals surface area contributed by atoms with Gasteiger partial charge in [0.1, 0.15) is 11.6 Å². The minimum atomic E-state index is -0.839. The van der Waals surface area contributed by atoms with Gasteiger partial charge in [0.25, 0.3) is 5.91 Å². The van der Waals surface area contributed by atoms with Gasteiger partial charge in [-0.1, -0.05) is 11.2 Å². The topological polar surface area (TPSA) is 62.5 Å². The Bertz CT molecular complexity index is 937. The number of rotatable bonds is 4. The van der Waals surface area contributed by atoms with Crippen LogP contribution in [0, 0.1) is 11.6 Å². The Morgan fingerprint density at radius 3 is 2.70 bits per heavy atom. The van der Waals surface area contributed by atoms with E-state index in [4.69, 9.17) is 4.52 Å². The van der Waals surface area contributed by atoms with Crippen LogP contribution in [0.25, 0.3) is 10.7 Å². The highest BCUT2D eigenvalue weighted by Gasteiger charge is 2.25. The van der Waals surface area contributed by atoms with E-state index in [-0.39, 0.29) is 5.56 Å². The first-order chi connectivity index (χ1) is 13.1. The Balaban J connectivity index is 1.34. The summed E-state index contributed by atoms with van der Waals surface area (Å²) < 4.78 is 32.1. The smallest absolute Gasteiger partial charge is 0.256 e. The molecule has 1 fully saturated rings. The second kappa shape index (κ2) is 7.53. The second-order valence-corrected chi connectivity index (χ2v) is 7.13. The van der Waals surface area contributed by atoms with E-state index in [9.17, 15) is 13.6 Å². The fraction of sp³-hybridized carbons (Fsp3) is 0.278. The summed E-state index contributed by atoms with van der Waals surface area (Å²) in [5.74, 6) is -0.877. The van der Waals surface area contributed by atoms with Gasteiger partial charge in [-0.2, -0.15) is 4.98 Å². The molecule has 3 heterocycles. The molecule has 9 heteroatoms. The van der Waals surface area contributed by atoms with Crippen LogP contribution in [0.3, 0.4) is 0 Å². The van der Waals surface area contributed by atoms with Crippen molar-refractivity contribution < 1.29 is 18.1 Å². The Morgan fingerprint density at radius 2 is 2.00 bits per heavy atom. The number of thiophene rings is 1. The molecule has 27 heavy (non-hydrogen) atoms. The molecular formula is C18H16F2N4O2S. The lowest BCUT2D eigenvalue weighted by Gasteiger charge is -2.34. The number of benzene rings is 1. The summed E-state index contributed by atoms with van der Waals surface area (Å²) in [6.07, 6.45) is 0. The maximum absolute atomic E-state index is 13.8. The lowest BCUT2D eigenvalue weighted by molar-refractivity contribution is 0.0610. The minimum absolute atomic E-state index is 0.109. The summed E-state index contributed by atoms with van der Waals surface area (Å²) in [5, 5.41) is 5.93. The lowest BCUT2D eigenvalue weighted by Crippen LogP contribution is -2.48. The molecule has 140 valence electrons. The SMILES string of the molecule is O=C(c1ccc(F)cc1F)N1CCN(Cc2nc(-c3cccs3)no2)CC1. The van der Waals surface area contributed by atoms with Crippen LogP contribution < -0.4 is 0 Å². The van der Waals surface area contributed by atoms with Crippen LogP contribution in [-0.2, 0) is 6.54 Å². The van der Waals surface area contributed by atoms with Crippen LogP contribution >= 0.6 is 11.3 Å². The number of aromatic nitrogens is 2. The summed E-state index contributed by atoms with van der Waals surface area (Å²) in [5.41, 5.74) is -0.109. The zero-order valence-electron chi connectivity index (χ0n) is 14.3. The van der Waals surface area contributed by atoms with Gasteiger partial charge in [0, 0.05) is 32.2 Å². The van der Waals surface area contributed by atoms with E-state index >= 15 is 0 Å². The van der Waals surface area contributed by atoms with Crippen molar-refractivity contribution in [2.75, 3.05) is 26.2 Å². The quantitative estimate of drug-likeness (QED) is 0.685. The van der Waals surface area contributed by atoms with Crippen LogP contribution in [0.5, 0.6) is 0 Å². The van der Waals surface area contributed by atoms with Gasteiger partial charge in [-0.25, -0.2) is 8.78 Å². The predicted molar refractivity (Wildman–Crippen MR) is 95.1 cm³/mol. The maximum atomic E-state index is 13.8. The highest BCUT2D eigenvalue weighted by Crippen LogP contribution is 2.22. The second-order valence-electron chi connectivity index (χ2n) is 6.18. The van der Waals surface area contributed by atoms with Crippen LogP contribution in [0.1, 0.15) is 16.2 Å². The molecule has 0 aliphatic carbocycles. The molecule has 0 unspecified atom stereocenters. The van der Waals surface area contributed by atoms with E-state index in [1.54, 1.807) is 16.2 Å². The number of amides is 1. The van der Waals surface area contributed by atoms with Crippen molar-refractivity contribution in [2.45, 2.75) is 6.54 Å². The summed E-state index contributed by atoms with van der Waals surface area (Å²) in [4.78, 5) is 21.4. The van der Waals surface area contributed by atoms with Crippen LogP contribution in [0.15, 0.2) is 40.2 Å². The molecule has 1 saturated heterocycles. The Kier molecular flexibility index (Phi) is 4.95. The zero-order chi connectivity index (χ0) is 18.8. The van der Waals surface area contributed by atoms with Gasteiger partial charge in [0.05, 0.1) is 17.0 Å². The molecule has 6 nitrogen and oxygen atoms in total. The number of hydrogen-bond donors (Lipinski definition) is 0. The minimum Gasteiger partial charge on any atom is -0.338 e. The molecule has 0 radical (unpaired) electrons. The third-order valence-corrected chi connectivity index (χ3v) is 5.26. The molecule has 0 atom stereocenters. The van der Waals surface area contributed by atoms with Crippen molar-refractivity contribution in [2.24, 2.45) is 0 Å². The fourth-order valence-electron chi connectivity index (χ4n) is 2.96. The lowest BCUT2D eigenvalue weighted by atomic mass is 10.1. The average Bonchev–Trinajstić information content (AvgIpc) is 3.33. The van der Waals surface area contributed by atoms with Crippen molar-refractivity contribution in [1.82, 2.24) is 19.9 Å². The standard InChI is InChI=1S/C18H16F2N4O2S/c19-12-3-4-13(14(20)10-12)18(25)24-7-5-23(6-8-24)11-16-21-17(22-26-16)15-2-1-9-27-15/h1-4,9-10H,5-8,11H2. The Morgan fingerprint density at radius 1 is 1.19 bits per heavy atom. The van der Waals surface area contributed by atoms with Crippen LogP contribution in [-0.4, -0.2) is 52.0 Å². The molecule has 3 aromatic rings. The van der Waals surface area contributed by atoms with Crippen molar-refractivity contribution in [3.05, 3.63) is 58.8 Å². The van der Waals surface area contributed by atoms with E-state index in [1.807, 2.05) is 17.5 Å². The number of hydrogen-bond acceptors (Lipinski definition) is 6. The molecule has 0 saturated carbocycles. The summed E-state index contributed by atoms with van der Waals surface area (Å²) in [7, 11) is 0. The first-order valence-corrected chi connectivity index (χ1v) is 9.31. The average molecular weight is 390 g/mol. The first kappa shape index (κ1) is 17.7. The predicted octanol–water partition coefficient (Wildman–Crippen LogP) is 3.03. The van der Waals surface area contributed by atoms with E-state index in [0.717, 1.165) is 17.0 Å².